The number of anilines is 1. The molecule has 0 aromatic carbocycles. The Morgan fingerprint density at radius 3 is 2.75 bits per heavy atom. The Kier molecular flexibility index (Phi) is 3.91. The van der Waals surface area contributed by atoms with E-state index in [-0.39, 0.29) is 0 Å². The van der Waals surface area contributed by atoms with Crippen molar-refractivity contribution in [1.29, 1.82) is 5.26 Å². The lowest BCUT2D eigenvalue weighted by molar-refractivity contribution is -0.140. The van der Waals surface area contributed by atoms with Crippen LogP contribution in [0.3, 0.4) is 0 Å². The number of nitrogens with one attached hydrogen (secondary N) is 1. The fourth-order valence-electron chi connectivity index (χ4n) is 1.22. The van der Waals surface area contributed by atoms with Crippen LogP contribution in [0.25, 0.3) is 0 Å². The van der Waals surface area contributed by atoms with E-state index in [2.05, 4.69) is 11.4 Å². The summed E-state index contributed by atoms with van der Waals surface area (Å²) in [5, 5.41) is 21.5. The first-order chi connectivity index (χ1) is 7.47. The number of rotatable bonds is 4. The van der Waals surface area contributed by atoms with Crippen LogP contribution in [-0.2, 0) is 4.79 Å². The largest absolute Gasteiger partial charge is 0.481 e. The van der Waals surface area contributed by atoms with Crippen molar-refractivity contribution in [1.82, 2.24) is 0 Å². The molecule has 0 aliphatic rings. The van der Waals surface area contributed by atoms with Gasteiger partial charge in [0.05, 0.1) is 11.5 Å². The van der Waals surface area contributed by atoms with Crippen molar-refractivity contribution in [3.05, 3.63) is 16.0 Å². The number of carboxylic acids is 1. The monoisotopic (exact) mass is 238 g/mol. The lowest BCUT2D eigenvalue weighted by Gasteiger charge is -2.07. The Labute approximate surface area is 98.5 Å². The number of hydrogen-bond acceptors (Lipinski definition) is 4. The fourth-order valence-corrected chi connectivity index (χ4v) is 2.24. The molecule has 0 amide bonds. The zero-order valence-electron chi connectivity index (χ0n) is 9.50. The van der Waals surface area contributed by atoms with E-state index in [0.29, 0.717) is 12.1 Å². The topological polar surface area (TPSA) is 73.1 Å². The number of carboxylic acid groups (broad SMARTS) is 1. The molecule has 0 fully saturated rings. The zero-order valence-corrected chi connectivity index (χ0v) is 10.3. The number of nitriles is 1. The molecule has 4 nitrogen and oxygen atoms in total. The molecule has 0 radical (unpaired) electrons. The quantitative estimate of drug-likeness (QED) is 0.844. The second-order valence-electron chi connectivity index (χ2n) is 3.72. The van der Waals surface area contributed by atoms with Gasteiger partial charge in [-0.3, -0.25) is 4.79 Å². The molecule has 1 unspecified atom stereocenters. The minimum Gasteiger partial charge on any atom is -0.481 e. The summed E-state index contributed by atoms with van der Waals surface area (Å²) >= 11 is 1.49. The molecule has 0 spiro atoms. The Morgan fingerprint density at radius 2 is 2.25 bits per heavy atom. The minimum absolute atomic E-state index is 0.337. The van der Waals surface area contributed by atoms with Gasteiger partial charge in [-0.2, -0.15) is 5.26 Å². The molecule has 1 atom stereocenters. The van der Waals surface area contributed by atoms with Gasteiger partial charge in [0.1, 0.15) is 11.1 Å². The van der Waals surface area contributed by atoms with Crippen molar-refractivity contribution in [3.63, 3.8) is 0 Å². The number of aryl methyl sites for hydroxylation is 1. The van der Waals surface area contributed by atoms with Gasteiger partial charge in [0, 0.05) is 11.4 Å². The van der Waals surface area contributed by atoms with E-state index in [0.717, 1.165) is 15.4 Å². The molecule has 1 aromatic heterocycles. The maximum absolute atomic E-state index is 10.6. The van der Waals surface area contributed by atoms with Gasteiger partial charge in [-0.25, -0.2) is 0 Å². The first kappa shape index (κ1) is 12.5. The van der Waals surface area contributed by atoms with Gasteiger partial charge in [0.25, 0.3) is 0 Å². The molecule has 86 valence electrons. The van der Waals surface area contributed by atoms with Crippen molar-refractivity contribution >= 4 is 22.3 Å². The molecule has 0 saturated carbocycles. The van der Waals surface area contributed by atoms with Crippen LogP contribution >= 0.6 is 11.3 Å². The maximum atomic E-state index is 10.6. The van der Waals surface area contributed by atoms with Crippen LogP contribution in [0.5, 0.6) is 0 Å². The Morgan fingerprint density at radius 1 is 1.62 bits per heavy atom. The third-order valence-corrected chi connectivity index (χ3v) is 3.65. The lowest BCUT2D eigenvalue weighted by Crippen LogP contribution is -2.19. The normalized spacial score (nSPS) is 11.9. The smallest absolute Gasteiger partial charge is 0.308 e. The van der Waals surface area contributed by atoms with Crippen LogP contribution in [0.2, 0.25) is 0 Å². The highest BCUT2D eigenvalue weighted by Crippen LogP contribution is 2.31. The van der Waals surface area contributed by atoms with E-state index < -0.39 is 11.9 Å². The van der Waals surface area contributed by atoms with Gasteiger partial charge < -0.3 is 10.4 Å². The molecule has 0 aliphatic heterocycles. The standard InChI is InChI=1S/C11H14N2O2S/c1-6(11(14)15)5-13-10-9(4-12)7(2)8(3)16-10/h6,13H,5H2,1-3H3,(H,14,15). The third-order valence-electron chi connectivity index (χ3n) is 2.49. The molecule has 5 heteroatoms. The molecule has 1 heterocycles. The van der Waals surface area contributed by atoms with E-state index in [4.69, 9.17) is 10.4 Å². The van der Waals surface area contributed by atoms with Crippen LogP contribution in [0.4, 0.5) is 5.00 Å². The predicted octanol–water partition coefficient (Wildman–Crippen LogP) is 2.37. The summed E-state index contributed by atoms with van der Waals surface area (Å²) < 4.78 is 0. The summed E-state index contributed by atoms with van der Waals surface area (Å²) in [6.45, 7) is 5.82. The minimum atomic E-state index is -0.837. The summed E-state index contributed by atoms with van der Waals surface area (Å²) in [6.07, 6.45) is 0. The van der Waals surface area contributed by atoms with Gasteiger partial charge >= 0.3 is 5.97 Å². The Balaban J connectivity index is 2.79. The molecular weight excluding hydrogens is 224 g/mol. The van der Waals surface area contributed by atoms with Gasteiger partial charge in [-0.05, 0) is 19.4 Å². The SMILES string of the molecule is Cc1sc(NCC(C)C(=O)O)c(C#N)c1C. The summed E-state index contributed by atoms with van der Waals surface area (Å²) in [7, 11) is 0. The van der Waals surface area contributed by atoms with Crippen molar-refractivity contribution in [2.24, 2.45) is 5.92 Å². The van der Waals surface area contributed by atoms with Gasteiger partial charge in [0.15, 0.2) is 0 Å². The molecule has 16 heavy (non-hydrogen) atoms. The highest BCUT2D eigenvalue weighted by Gasteiger charge is 2.15. The van der Waals surface area contributed by atoms with Crippen LogP contribution in [-0.4, -0.2) is 17.6 Å². The molecule has 0 bridgehead atoms. The molecular formula is C11H14N2O2S. The Bertz CT molecular complexity index is 446. The summed E-state index contributed by atoms with van der Waals surface area (Å²) in [5.74, 6) is -1.30. The molecule has 1 rings (SSSR count). The highest BCUT2D eigenvalue weighted by atomic mass is 32.1. The van der Waals surface area contributed by atoms with E-state index >= 15 is 0 Å². The number of thiophene rings is 1. The van der Waals surface area contributed by atoms with E-state index in [1.165, 1.54) is 11.3 Å². The third kappa shape index (κ3) is 2.52. The number of nitrogens with zero attached hydrogens (tertiary/aromatic N) is 1. The van der Waals surface area contributed by atoms with Gasteiger partial charge in [-0.15, -0.1) is 11.3 Å². The summed E-state index contributed by atoms with van der Waals surface area (Å²) in [5.41, 5.74) is 1.60. The van der Waals surface area contributed by atoms with E-state index in [1.54, 1.807) is 6.92 Å². The average Bonchev–Trinajstić information content (AvgIpc) is 2.51. The van der Waals surface area contributed by atoms with Gasteiger partial charge in [-0.1, -0.05) is 6.92 Å². The van der Waals surface area contributed by atoms with E-state index in [9.17, 15) is 4.79 Å². The maximum Gasteiger partial charge on any atom is 0.308 e. The zero-order chi connectivity index (χ0) is 12.3. The molecule has 0 saturated heterocycles. The van der Waals surface area contributed by atoms with Crippen LogP contribution in [0, 0.1) is 31.1 Å². The van der Waals surface area contributed by atoms with Crippen molar-refractivity contribution in [3.8, 4) is 6.07 Å². The highest BCUT2D eigenvalue weighted by molar-refractivity contribution is 7.16. The molecule has 1 aromatic rings. The van der Waals surface area contributed by atoms with Crippen LogP contribution < -0.4 is 5.32 Å². The summed E-state index contributed by atoms with van der Waals surface area (Å²) in [4.78, 5) is 11.7. The average molecular weight is 238 g/mol. The number of aliphatic carboxylic acids is 1. The van der Waals surface area contributed by atoms with E-state index in [1.807, 2.05) is 13.8 Å². The van der Waals surface area contributed by atoms with Crippen molar-refractivity contribution in [2.75, 3.05) is 11.9 Å². The number of hydrogen-bond donors (Lipinski definition) is 2. The van der Waals surface area contributed by atoms with Crippen molar-refractivity contribution in [2.45, 2.75) is 20.8 Å². The second-order valence-corrected chi connectivity index (χ2v) is 4.94. The van der Waals surface area contributed by atoms with Crippen LogP contribution in [0.15, 0.2) is 0 Å². The Hall–Kier alpha value is -1.54. The second kappa shape index (κ2) is 4.99. The number of carbonyl (C=O) groups is 1. The van der Waals surface area contributed by atoms with Crippen molar-refractivity contribution < 1.29 is 9.90 Å². The fraction of sp³-hybridized carbons (Fsp3) is 0.455. The predicted molar refractivity (Wildman–Crippen MR) is 63.8 cm³/mol. The van der Waals surface area contributed by atoms with Gasteiger partial charge in [0.2, 0.25) is 0 Å². The molecule has 2 N–H and O–H groups in total. The first-order valence-electron chi connectivity index (χ1n) is 4.94. The summed E-state index contributed by atoms with van der Waals surface area (Å²) in [6, 6.07) is 2.14. The lowest BCUT2D eigenvalue weighted by atomic mass is 10.1. The van der Waals surface area contributed by atoms with Crippen LogP contribution in [0.1, 0.15) is 22.9 Å². The molecule has 0 aliphatic carbocycles. The first-order valence-corrected chi connectivity index (χ1v) is 5.75.